The summed E-state index contributed by atoms with van der Waals surface area (Å²) in [7, 11) is 0. The second-order valence-electron chi connectivity index (χ2n) is 3.48. The van der Waals surface area contributed by atoms with Gasteiger partial charge in [-0.1, -0.05) is 34.1 Å². The number of carbonyl (C=O) groups excluding carboxylic acids is 1. The van der Waals surface area contributed by atoms with Crippen LogP contribution in [0.1, 0.15) is 11.1 Å². The molecule has 0 bridgehead atoms. The van der Waals surface area contributed by atoms with Crippen molar-refractivity contribution in [1.82, 2.24) is 5.32 Å². The molecule has 90 valence electrons. The Labute approximate surface area is 114 Å². The standard InChI is InChI=1S/C12H13BrN2OS/c1-9-3-2-4-10(12(9)13)7-15-11(16)8-17-6-5-14/h2-4H,6-8H2,1H3,(H,15,16). The molecule has 0 unspecified atom stereocenters. The average Bonchev–Trinajstić information content (AvgIpc) is 2.31. The molecule has 1 aromatic carbocycles. The van der Waals surface area contributed by atoms with Crippen LogP contribution < -0.4 is 5.32 Å². The number of aryl methyl sites for hydroxylation is 1. The van der Waals surface area contributed by atoms with Gasteiger partial charge in [-0.05, 0) is 18.1 Å². The molecule has 0 aliphatic carbocycles. The summed E-state index contributed by atoms with van der Waals surface area (Å²) in [5, 5.41) is 11.2. The van der Waals surface area contributed by atoms with E-state index in [9.17, 15) is 4.79 Å². The quantitative estimate of drug-likeness (QED) is 0.850. The molecular formula is C12H13BrN2OS. The number of nitrogens with zero attached hydrogens (tertiary/aromatic N) is 1. The lowest BCUT2D eigenvalue weighted by Crippen LogP contribution is -2.24. The summed E-state index contributed by atoms with van der Waals surface area (Å²) in [6.07, 6.45) is 0. The topological polar surface area (TPSA) is 52.9 Å². The monoisotopic (exact) mass is 312 g/mol. The lowest BCUT2D eigenvalue weighted by atomic mass is 10.1. The highest BCUT2D eigenvalue weighted by atomic mass is 79.9. The molecule has 1 rings (SSSR count). The predicted molar refractivity (Wildman–Crippen MR) is 73.7 cm³/mol. The summed E-state index contributed by atoms with van der Waals surface area (Å²) in [5.41, 5.74) is 2.21. The third kappa shape index (κ3) is 4.80. The van der Waals surface area contributed by atoms with Crippen LogP contribution in [0.2, 0.25) is 0 Å². The predicted octanol–water partition coefficient (Wildman–Crippen LogP) is 2.63. The molecule has 0 radical (unpaired) electrons. The van der Waals surface area contributed by atoms with Crippen LogP contribution in [0.25, 0.3) is 0 Å². The van der Waals surface area contributed by atoms with Gasteiger partial charge in [-0.3, -0.25) is 4.79 Å². The van der Waals surface area contributed by atoms with Gasteiger partial charge in [0.1, 0.15) is 0 Å². The fraction of sp³-hybridized carbons (Fsp3) is 0.333. The third-order valence-electron chi connectivity index (χ3n) is 2.15. The average molecular weight is 313 g/mol. The SMILES string of the molecule is Cc1cccc(CNC(=O)CSCC#N)c1Br. The van der Waals surface area contributed by atoms with Crippen LogP contribution in [0.5, 0.6) is 0 Å². The van der Waals surface area contributed by atoms with E-state index in [1.54, 1.807) is 0 Å². The van der Waals surface area contributed by atoms with Crippen molar-refractivity contribution in [3.63, 3.8) is 0 Å². The number of hydrogen-bond acceptors (Lipinski definition) is 3. The highest BCUT2D eigenvalue weighted by Crippen LogP contribution is 2.20. The third-order valence-corrected chi connectivity index (χ3v) is 4.08. The summed E-state index contributed by atoms with van der Waals surface area (Å²) in [5.74, 6) is 0.636. The summed E-state index contributed by atoms with van der Waals surface area (Å²) in [6, 6.07) is 7.94. The Morgan fingerprint density at radius 3 is 3.06 bits per heavy atom. The maximum Gasteiger partial charge on any atom is 0.230 e. The zero-order chi connectivity index (χ0) is 12.7. The Hall–Kier alpha value is -0.990. The Kier molecular flexibility index (Phi) is 6.09. The number of carbonyl (C=O) groups is 1. The maximum absolute atomic E-state index is 11.4. The Morgan fingerprint density at radius 2 is 2.35 bits per heavy atom. The summed E-state index contributed by atoms with van der Waals surface area (Å²) >= 11 is 4.81. The largest absolute Gasteiger partial charge is 0.351 e. The van der Waals surface area contributed by atoms with Gasteiger partial charge in [-0.2, -0.15) is 5.26 Å². The molecule has 1 aromatic rings. The number of amides is 1. The van der Waals surface area contributed by atoms with Crippen molar-refractivity contribution in [2.24, 2.45) is 0 Å². The minimum atomic E-state index is -0.0429. The van der Waals surface area contributed by atoms with Crippen molar-refractivity contribution in [3.05, 3.63) is 33.8 Å². The second-order valence-corrected chi connectivity index (χ2v) is 5.25. The summed E-state index contributed by atoms with van der Waals surface area (Å²) < 4.78 is 1.03. The van der Waals surface area contributed by atoms with Gasteiger partial charge < -0.3 is 5.32 Å². The molecule has 0 aromatic heterocycles. The van der Waals surface area contributed by atoms with E-state index in [1.165, 1.54) is 11.8 Å². The zero-order valence-electron chi connectivity index (χ0n) is 9.50. The minimum absolute atomic E-state index is 0.0429. The first-order valence-electron chi connectivity index (χ1n) is 5.10. The summed E-state index contributed by atoms with van der Waals surface area (Å²) in [6.45, 7) is 2.52. The molecule has 0 atom stereocenters. The molecule has 0 aliphatic rings. The fourth-order valence-corrected chi connectivity index (χ4v) is 2.16. The van der Waals surface area contributed by atoms with E-state index < -0.39 is 0 Å². The van der Waals surface area contributed by atoms with Gasteiger partial charge >= 0.3 is 0 Å². The van der Waals surface area contributed by atoms with Crippen molar-refractivity contribution < 1.29 is 4.79 Å². The van der Waals surface area contributed by atoms with Gasteiger partial charge in [-0.15, -0.1) is 11.8 Å². The number of nitriles is 1. The van der Waals surface area contributed by atoms with Gasteiger partial charge in [0.15, 0.2) is 0 Å². The smallest absolute Gasteiger partial charge is 0.230 e. The molecule has 17 heavy (non-hydrogen) atoms. The van der Waals surface area contributed by atoms with Gasteiger partial charge in [-0.25, -0.2) is 0 Å². The van der Waals surface area contributed by atoms with E-state index in [0.29, 0.717) is 18.1 Å². The fourth-order valence-electron chi connectivity index (χ4n) is 1.28. The van der Waals surface area contributed by atoms with Crippen molar-refractivity contribution in [3.8, 4) is 6.07 Å². The van der Waals surface area contributed by atoms with E-state index in [1.807, 2.05) is 31.2 Å². The number of nitrogens with one attached hydrogen (secondary N) is 1. The number of hydrogen-bond donors (Lipinski definition) is 1. The molecule has 0 heterocycles. The van der Waals surface area contributed by atoms with Gasteiger partial charge in [0.25, 0.3) is 0 Å². The maximum atomic E-state index is 11.4. The Balaban J connectivity index is 2.43. The van der Waals surface area contributed by atoms with Crippen molar-refractivity contribution in [1.29, 1.82) is 5.26 Å². The lowest BCUT2D eigenvalue weighted by molar-refractivity contribution is -0.118. The van der Waals surface area contributed by atoms with Crippen LogP contribution >= 0.6 is 27.7 Å². The minimum Gasteiger partial charge on any atom is -0.351 e. The molecule has 0 saturated heterocycles. The molecule has 0 aliphatic heterocycles. The zero-order valence-corrected chi connectivity index (χ0v) is 11.9. The van der Waals surface area contributed by atoms with Crippen molar-refractivity contribution in [2.75, 3.05) is 11.5 Å². The van der Waals surface area contributed by atoms with Crippen LogP contribution in [0.3, 0.4) is 0 Å². The lowest BCUT2D eigenvalue weighted by Gasteiger charge is -2.08. The molecule has 3 nitrogen and oxygen atoms in total. The molecule has 5 heteroatoms. The molecule has 1 amide bonds. The van der Waals surface area contributed by atoms with Crippen LogP contribution in [0, 0.1) is 18.3 Å². The first-order valence-corrected chi connectivity index (χ1v) is 7.05. The van der Waals surface area contributed by atoms with E-state index in [2.05, 4.69) is 21.2 Å². The number of rotatable bonds is 5. The van der Waals surface area contributed by atoms with Gasteiger partial charge in [0.05, 0.1) is 17.6 Å². The van der Waals surface area contributed by atoms with Crippen molar-refractivity contribution >= 4 is 33.6 Å². The van der Waals surface area contributed by atoms with E-state index in [0.717, 1.165) is 15.6 Å². The molecule has 0 fully saturated rings. The summed E-state index contributed by atoms with van der Waals surface area (Å²) in [4.78, 5) is 11.4. The number of halogens is 1. The highest BCUT2D eigenvalue weighted by Gasteiger charge is 2.05. The molecule has 1 N–H and O–H groups in total. The van der Waals surface area contributed by atoms with E-state index >= 15 is 0 Å². The van der Waals surface area contributed by atoms with Crippen LogP contribution in [-0.2, 0) is 11.3 Å². The van der Waals surface area contributed by atoms with Crippen LogP contribution in [0.4, 0.5) is 0 Å². The van der Waals surface area contributed by atoms with Gasteiger partial charge in [0, 0.05) is 11.0 Å². The first kappa shape index (κ1) is 14.1. The van der Waals surface area contributed by atoms with E-state index in [4.69, 9.17) is 5.26 Å². The number of thioether (sulfide) groups is 1. The molecular weight excluding hydrogens is 300 g/mol. The highest BCUT2D eigenvalue weighted by molar-refractivity contribution is 9.10. The second kappa shape index (κ2) is 7.36. The Bertz CT molecular complexity index is 443. The molecule has 0 spiro atoms. The van der Waals surface area contributed by atoms with Crippen LogP contribution in [0.15, 0.2) is 22.7 Å². The normalized spacial score (nSPS) is 9.71. The molecule has 0 saturated carbocycles. The number of benzene rings is 1. The first-order chi connectivity index (χ1) is 8.15. The van der Waals surface area contributed by atoms with Gasteiger partial charge in [0.2, 0.25) is 5.91 Å². The van der Waals surface area contributed by atoms with Crippen LogP contribution in [-0.4, -0.2) is 17.4 Å². The van der Waals surface area contributed by atoms with Crippen molar-refractivity contribution in [2.45, 2.75) is 13.5 Å². The Morgan fingerprint density at radius 1 is 1.59 bits per heavy atom. The van der Waals surface area contributed by atoms with E-state index in [-0.39, 0.29) is 5.91 Å².